The number of benzene rings is 1. The summed E-state index contributed by atoms with van der Waals surface area (Å²) in [5.74, 6) is 1.24. The summed E-state index contributed by atoms with van der Waals surface area (Å²) in [5, 5.41) is 6.38. The van der Waals surface area contributed by atoms with Crippen LogP contribution in [0.1, 0.15) is 6.92 Å². The molecule has 4 nitrogen and oxygen atoms in total. The van der Waals surface area contributed by atoms with Crippen LogP contribution in [0.25, 0.3) is 0 Å². The molecule has 1 aromatic carbocycles. The Balaban J connectivity index is 1.67. The van der Waals surface area contributed by atoms with E-state index in [4.69, 9.17) is 0 Å². The number of rotatable bonds is 1. The molecule has 3 rings (SSSR count). The molecule has 0 bridgehead atoms. The third-order valence-electron chi connectivity index (χ3n) is 4.22. The molecule has 2 saturated heterocycles. The molecular formula is C14H19N3O. The van der Waals surface area contributed by atoms with Crippen LogP contribution < -0.4 is 10.6 Å². The minimum atomic E-state index is 0.0306. The number of urea groups is 1. The van der Waals surface area contributed by atoms with Crippen molar-refractivity contribution in [2.75, 3.05) is 25.0 Å². The fraction of sp³-hybridized carbons (Fsp3) is 0.500. The van der Waals surface area contributed by atoms with Crippen LogP contribution in [0.2, 0.25) is 0 Å². The van der Waals surface area contributed by atoms with E-state index in [1.807, 2.05) is 35.2 Å². The highest BCUT2D eigenvalue weighted by molar-refractivity contribution is 5.89. The maximum atomic E-state index is 12.3. The Morgan fingerprint density at radius 1 is 1.33 bits per heavy atom. The van der Waals surface area contributed by atoms with Crippen LogP contribution in [0, 0.1) is 11.8 Å². The average Bonchev–Trinajstić information content (AvgIpc) is 2.94. The maximum Gasteiger partial charge on any atom is 0.322 e. The zero-order valence-electron chi connectivity index (χ0n) is 10.6. The van der Waals surface area contributed by atoms with E-state index in [-0.39, 0.29) is 6.03 Å². The Bertz CT molecular complexity index is 434. The quantitative estimate of drug-likeness (QED) is 0.792. The minimum Gasteiger partial charge on any atom is -0.321 e. The second kappa shape index (κ2) is 4.61. The molecule has 0 aromatic heterocycles. The number of amides is 2. The molecule has 2 aliphatic heterocycles. The van der Waals surface area contributed by atoms with Gasteiger partial charge in [0.25, 0.3) is 0 Å². The van der Waals surface area contributed by atoms with Crippen LogP contribution >= 0.6 is 0 Å². The zero-order valence-corrected chi connectivity index (χ0v) is 10.6. The molecule has 4 heteroatoms. The lowest BCUT2D eigenvalue weighted by molar-refractivity contribution is 0.203. The Kier molecular flexibility index (Phi) is 2.96. The molecule has 96 valence electrons. The molecule has 2 aliphatic rings. The standard InChI is InChI=1S/C14H19N3O/c1-10-13-8-15-7-11(13)9-17(10)14(18)16-12-5-3-2-4-6-12/h2-6,10-11,13,15H,7-9H2,1H3,(H,16,18). The molecule has 0 aliphatic carbocycles. The van der Waals surface area contributed by atoms with Gasteiger partial charge in [-0.3, -0.25) is 0 Å². The molecule has 0 radical (unpaired) electrons. The van der Waals surface area contributed by atoms with Crippen molar-refractivity contribution >= 4 is 11.7 Å². The van der Waals surface area contributed by atoms with E-state index in [1.165, 1.54) is 0 Å². The number of para-hydroxylation sites is 1. The zero-order chi connectivity index (χ0) is 12.5. The van der Waals surface area contributed by atoms with Gasteiger partial charge in [-0.05, 0) is 30.9 Å². The summed E-state index contributed by atoms with van der Waals surface area (Å²) < 4.78 is 0. The van der Waals surface area contributed by atoms with Gasteiger partial charge in [0.1, 0.15) is 0 Å². The smallest absolute Gasteiger partial charge is 0.321 e. The predicted molar refractivity (Wildman–Crippen MR) is 71.5 cm³/mol. The number of likely N-dealkylation sites (tertiary alicyclic amines) is 1. The fourth-order valence-corrected chi connectivity index (χ4v) is 3.15. The number of hydrogen-bond acceptors (Lipinski definition) is 2. The van der Waals surface area contributed by atoms with Gasteiger partial charge in [0.05, 0.1) is 0 Å². The van der Waals surface area contributed by atoms with E-state index in [2.05, 4.69) is 17.6 Å². The largest absolute Gasteiger partial charge is 0.322 e. The van der Waals surface area contributed by atoms with Crippen LogP contribution in [0.5, 0.6) is 0 Å². The van der Waals surface area contributed by atoms with Crippen molar-refractivity contribution < 1.29 is 4.79 Å². The Morgan fingerprint density at radius 2 is 2.11 bits per heavy atom. The Labute approximate surface area is 107 Å². The predicted octanol–water partition coefficient (Wildman–Crippen LogP) is 1.76. The maximum absolute atomic E-state index is 12.3. The van der Waals surface area contributed by atoms with Crippen molar-refractivity contribution in [2.24, 2.45) is 11.8 Å². The summed E-state index contributed by atoms with van der Waals surface area (Å²) in [5.41, 5.74) is 0.866. The highest BCUT2D eigenvalue weighted by Gasteiger charge is 2.43. The number of carbonyl (C=O) groups is 1. The lowest BCUT2D eigenvalue weighted by atomic mass is 9.95. The fourth-order valence-electron chi connectivity index (χ4n) is 3.15. The Morgan fingerprint density at radius 3 is 2.83 bits per heavy atom. The van der Waals surface area contributed by atoms with E-state index in [0.29, 0.717) is 17.9 Å². The van der Waals surface area contributed by atoms with E-state index in [1.54, 1.807) is 0 Å². The van der Waals surface area contributed by atoms with Crippen molar-refractivity contribution in [1.82, 2.24) is 10.2 Å². The number of carbonyl (C=O) groups excluding carboxylic acids is 1. The van der Waals surface area contributed by atoms with Gasteiger partial charge < -0.3 is 15.5 Å². The van der Waals surface area contributed by atoms with Crippen LogP contribution in [0.15, 0.2) is 30.3 Å². The van der Waals surface area contributed by atoms with Gasteiger partial charge in [-0.25, -0.2) is 4.79 Å². The molecular weight excluding hydrogens is 226 g/mol. The monoisotopic (exact) mass is 245 g/mol. The van der Waals surface area contributed by atoms with Gasteiger partial charge >= 0.3 is 6.03 Å². The number of nitrogens with one attached hydrogen (secondary N) is 2. The van der Waals surface area contributed by atoms with E-state index in [9.17, 15) is 4.79 Å². The van der Waals surface area contributed by atoms with Crippen LogP contribution in [-0.4, -0.2) is 36.6 Å². The Hall–Kier alpha value is -1.55. The van der Waals surface area contributed by atoms with Gasteiger partial charge in [0.15, 0.2) is 0 Å². The molecule has 2 amide bonds. The number of nitrogens with zero attached hydrogens (tertiary/aromatic N) is 1. The highest BCUT2D eigenvalue weighted by Crippen LogP contribution is 2.32. The van der Waals surface area contributed by atoms with Crippen LogP contribution in [0.3, 0.4) is 0 Å². The molecule has 0 saturated carbocycles. The van der Waals surface area contributed by atoms with Crippen molar-refractivity contribution in [3.8, 4) is 0 Å². The van der Waals surface area contributed by atoms with E-state index in [0.717, 1.165) is 25.3 Å². The summed E-state index contributed by atoms with van der Waals surface area (Å²) in [7, 11) is 0. The molecule has 2 N–H and O–H groups in total. The first-order valence-electron chi connectivity index (χ1n) is 6.59. The van der Waals surface area contributed by atoms with Gasteiger partial charge in [-0.1, -0.05) is 18.2 Å². The summed E-state index contributed by atoms with van der Waals surface area (Å²) in [6.07, 6.45) is 0. The normalized spacial score (nSPS) is 30.3. The lowest BCUT2D eigenvalue weighted by Crippen LogP contribution is -2.40. The van der Waals surface area contributed by atoms with Gasteiger partial charge in [-0.15, -0.1) is 0 Å². The van der Waals surface area contributed by atoms with Gasteiger partial charge in [0.2, 0.25) is 0 Å². The SMILES string of the molecule is CC1C2CNCC2CN1C(=O)Nc1ccccc1. The molecule has 3 unspecified atom stereocenters. The van der Waals surface area contributed by atoms with Crippen molar-refractivity contribution in [3.05, 3.63) is 30.3 Å². The molecule has 1 aromatic rings. The van der Waals surface area contributed by atoms with Crippen LogP contribution in [0.4, 0.5) is 10.5 Å². The topological polar surface area (TPSA) is 44.4 Å². The molecule has 2 heterocycles. The summed E-state index contributed by atoms with van der Waals surface area (Å²) in [4.78, 5) is 14.2. The van der Waals surface area contributed by atoms with Crippen molar-refractivity contribution in [3.63, 3.8) is 0 Å². The summed E-state index contributed by atoms with van der Waals surface area (Å²) >= 11 is 0. The third kappa shape index (κ3) is 1.97. The van der Waals surface area contributed by atoms with Gasteiger partial charge in [0, 0.05) is 31.4 Å². The van der Waals surface area contributed by atoms with E-state index < -0.39 is 0 Å². The number of fused-ring (bicyclic) bond motifs is 1. The first kappa shape index (κ1) is 11.5. The highest BCUT2D eigenvalue weighted by atomic mass is 16.2. The van der Waals surface area contributed by atoms with Crippen LogP contribution in [-0.2, 0) is 0 Å². The van der Waals surface area contributed by atoms with Crippen molar-refractivity contribution in [2.45, 2.75) is 13.0 Å². The summed E-state index contributed by atoms with van der Waals surface area (Å²) in [6.45, 7) is 5.12. The third-order valence-corrected chi connectivity index (χ3v) is 4.22. The first-order valence-corrected chi connectivity index (χ1v) is 6.59. The molecule has 3 atom stereocenters. The first-order chi connectivity index (χ1) is 8.75. The molecule has 0 spiro atoms. The second-order valence-electron chi connectivity index (χ2n) is 5.27. The average molecular weight is 245 g/mol. The van der Waals surface area contributed by atoms with E-state index >= 15 is 0 Å². The molecule has 2 fully saturated rings. The van der Waals surface area contributed by atoms with Gasteiger partial charge in [-0.2, -0.15) is 0 Å². The second-order valence-corrected chi connectivity index (χ2v) is 5.27. The van der Waals surface area contributed by atoms with Crippen molar-refractivity contribution in [1.29, 1.82) is 0 Å². The lowest BCUT2D eigenvalue weighted by Gasteiger charge is -2.24. The minimum absolute atomic E-state index is 0.0306. The summed E-state index contributed by atoms with van der Waals surface area (Å²) in [6, 6.07) is 10.0. The number of hydrogen-bond donors (Lipinski definition) is 2. The molecule has 18 heavy (non-hydrogen) atoms. The number of anilines is 1.